The molecule has 0 fully saturated rings. The van der Waals surface area contributed by atoms with Gasteiger partial charge in [-0.2, -0.15) is 0 Å². The molecule has 1 N–H and O–H groups in total. The highest BCUT2D eigenvalue weighted by molar-refractivity contribution is 9.08. The highest BCUT2D eigenvalue weighted by atomic mass is 79.9. The number of hydrogen-bond acceptors (Lipinski definition) is 3. The maximum atomic E-state index is 12.0. The number of anilines is 1. The van der Waals surface area contributed by atoms with Gasteiger partial charge in [0.1, 0.15) is 5.76 Å². The van der Waals surface area contributed by atoms with E-state index in [1.54, 1.807) is 6.07 Å². The van der Waals surface area contributed by atoms with Crippen LogP contribution in [0.2, 0.25) is 0 Å². The Bertz CT molecular complexity index is 558. The average molecular weight is 309 g/mol. The van der Waals surface area contributed by atoms with Gasteiger partial charge in [-0.25, -0.2) is 0 Å². The lowest BCUT2D eigenvalue weighted by Gasteiger charge is -2.09. The van der Waals surface area contributed by atoms with E-state index in [1.165, 1.54) is 0 Å². The summed E-state index contributed by atoms with van der Waals surface area (Å²) in [5, 5.41) is 7.12. The molecule has 4 nitrogen and oxygen atoms in total. The van der Waals surface area contributed by atoms with Crippen molar-refractivity contribution in [3.8, 4) is 0 Å². The lowest BCUT2D eigenvalue weighted by atomic mass is 10.1. The zero-order valence-corrected chi connectivity index (χ0v) is 11.7. The number of carbonyl (C=O) groups excluding carboxylic acids is 1. The Balaban J connectivity index is 2.21. The number of aromatic nitrogens is 1. The van der Waals surface area contributed by atoms with Crippen molar-refractivity contribution in [2.75, 3.05) is 5.32 Å². The van der Waals surface area contributed by atoms with Gasteiger partial charge in [0.25, 0.3) is 5.91 Å². The molecular formula is C13H13BrN2O2. The summed E-state index contributed by atoms with van der Waals surface area (Å²) in [7, 11) is 0. The van der Waals surface area contributed by atoms with Gasteiger partial charge in [-0.1, -0.05) is 39.3 Å². The van der Waals surface area contributed by atoms with Gasteiger partial charge in [-0.3, -0.25) is 4.79 Å². The van der Waals surface area contributed by atoms with Gasteiger partial charge in [0, 0.05) is 11.8 Å². The molecular weight excluding hydrogens is 296 g/mol. The van der Waals surface area contributed by atoms with Crippen molar-refractivity contribution in [3.63, 3.8) is 0 Å². The van der Waals surface area contributed by atoms with Gasteiger partial charge in [0.05, 0.1) is 5.33 Å². The zero-order chi connectivity index (χ0) is 13.1. The van der Waals surface area contributed by atoms with Crippen molar-refractivity contribution in [1.82, 2.24) is 5.16 Å². The van der Waals surface area contributed by atoms with Crippen molar-refractivity contribution >= 4 is 27.5 Å². The quantitative estimate of drug-likeness (QED) is 0.884. The molecule has 0 radical (unpaired) electrons. The van der Waals surface area contributed by atoms with Crippen LogP contribution >= 0.6 is 15.9 Å². The minimum Gasteiger partial charge on any atom is -0.360 e. The minimum atomic E-state index is -0.261. The monoisotopic (exact) mass is 308 g/mol. The fourth-order valence-corrected chi connectivity index (χ4v) is 1.94. The highest BCUT2D eigenvalue weighted by Gasteiger charge is 2.14. The van der Waals surface area contributed by atoms with Crippen LogP contribution in [0.3, 0.4) is 0 Å². The highest BCUT2D eigenvalue weighted by Crippen LogP contribution is 2.20. The molecule has 1 amide bonds. The maximum Gasteiger partial charge on any atom is 0.277 e. The number of para-hydroxylation sites is 1. The Labute approximate surface area is 113 Å². The Morgan fingerprint density at radius 2 is 2.06 bits per heavy atom. The third-order valence-corrected chi connectivity index (χ3v) is 3.20. The Morgan fingerprint density at radius 3 is 2.61 bits per heavy atom. The number of aryl methyl sites for hydroxylation is 2. The number of carbonyl (C=O) groups is 1. The molecule has 0 aliphatic rings. The number of hydrogen-bond donors (Lipinski definition) is 1. The Kier molecular flexibility index (Phi) is 3.81. The summed E-state index contributed by atoms with van der Waals surface area (Å²) in [6.45, 7) is 3.91. The first-order chi connectivity index (χ1) is 8.61. The zero-order valence-electron chi connectivity index (χ0n) is 10.2. The molecule has 94 valence electrons. The van der Waals surface area contributed by atoms with Gasteiger partial charge in [-0.05, 0) is 25.0 Å². The first-order valence-corrected chi connectivity index (χ1v) is 6.63. The average Bonchev–Trinajstić information content (AvgIpc) is 2.82. The second-order valence-electron chi connectivity index (χ2n) is 4.03. The Hall–Kier alpha value is -1.62. The number of nitrogens with zero attached hydrogens (tertiary/aromatic N) is 1. The number of amides is 1. The van der Waals surface area contributed by atoms with Crippen molar-refractivity contribution in [2.24, 2.45) is 0 Å². The lowest BCUT2D eigenvalue weighted by molar-refractivity contribution is 0.101. The van der Waals surface area contributed by atoms with E-state index in [0.29, 0.717) is 11.1 Å². The molecule has 1 aromatic carbocycles. The van der Waals surface area contributed by atoms with Gasteiger partial charge in [-0.15, -0.1) is 0 Å². The van der Waals surface area contributed by atoms with Crippen LogP contribution in [0.25, 0.3) is 0 Å². The molecule has 0 spiro atoms. The standard InChI is InChI=1S/C13H13BrN2O2/c1-8-4-3-5-9(2)12(8)15-13(17)11-6-10(7-14)18-16-11/h3-6H,7H2,1-2H3,(H,15,17). The predicted molar refractivity (Wildman–Crippen MR) is 73.0 cm³/mol. The van der Waals surface area contributed by atoms with Crippen LogP contribution in [0.4, 0.5) is 5.69 Å². The van der Waals surface area contributed by atoms with Crippen LogP contribution in [-0.2, 0) is 5.33 Å². The first-order valence-electron chi connectivity index (χ1n) is 5.51. The molecule has 0 atom stereocenters. The minimum absolute atomic E-state index is 0.261. The van der Waals surface area contributed by atoms with E-state index in [2.05, 4.69) is 26.4 Å². The molecule has 0 bridgehead atoms. The molecule has 2 aromatic rings. The fraction of sp³-hybridized carbons (Fsp3) is 0.231. The lowest BCUT2D eigenvalue weighted by Crippen LogP contribution is -2.14. The summed E-state index contributed by atoms with van der Waals surface area (Å²) >= 11 is 3.24. The van der Waals surface area contributed by atoms with Crippen LogP contribution in [0.1, 0.15) is 27.4 Å². The summed E-state index contributed by atoms with van der Waals surface area (Å²) < 4.78 is 4.98. The van der Waals surface area contributed by atoms with Crippen molar-refractivity contribution < 1.29 is 9.32 Å². The summed E-state index contributed by atoms with van der Waals surface area (Å²) in [5.74, 6) is 0.366. The normalized spacial score (nSPS) is 10.4. The molecule has 0 unspecified atom stereocenters. The van der Waals surface area contributed by atoms with Crippen LogP contribution in [0, 0.1) is 13.8 Å². The third kappa shape index (κ3) is 2.61. The van der Waals surface area contributed by atoms with Crippen LogP contribution in [-0.4, -0.2) is 11.1 Å². The van der Waals surface area contributed by atoms with E-state index in [4.69, 9.17) is 4.52 Å². The van der Waals surface area contributed by atoms with Crippen molar-refractivity contribution in [3.05, 3.63) is 46.8 Å². The van der Waals surface area contributed by atoms with Crippen molar-refractivity contribution in [2.45, 2.75) is 19.2 Å². The van der Waals surface area contributed by atoms with Gasteiger partial charge in [0.2, 0.25) is 0 Å². The molecule has 5 heteroatoms. The predicted octanol–water partition coefficient (Wildman–Crippen LogP) is 3.44. The number of alkyl halides is 1. The molecule has 2 rings (SSSR count). The van der Waals surface area contributed by atoms with E-state index in [9.17, 15) is 4.79 Å². The summed E-state index contributed by atoms with van der Waals surface area (Å²) in [5.41, 5.74) is 3.15. The molecule has 1 aromatic heterocycles. The molecule has 18 heavy (non-hydrogen) atoms. The molecule has 1 heterocycles. The summed E-state index contributed by atoms with van der Waals surface area (Å²) in [6, 6.07) is 7.49. The third-order valence-electron chi connectivity index (χ3n) is 2.64. The van der Waals surface area contributed by atoms with Crippen molar-refractivity contribution in [1.29, 1.82) is 0 Å². The first kappa shape index (κ1) is 12.8. The summed E-state index contributed by atoms with van der Waals surface area (Å²) in [4.78, 5) is 12.0. The molecule has 0 aliphatic carbocycles. The van der Waals surface area contributed by atoms with Crippen LogP contribution in [0.15, 0.2) is 28.8 Å². The number of rotatable bonds is 3. The molecule has 0 aliphatic heterocycles. The van der Waals surface area contributed by atoms with Gasteiger partial charge in [0.15, 0.2) is 5.69 Å². The SMILES string of the molecule is Cc1cccc(C)c1NC(=O)c1cc(CBr)on1. The molecule has 0 saturated heterocycles. The van der Waals surface area contributed by atoms with E-state index in [1.807, 2.05) is 32.0 Å². The maximum absolute atomic E-state index is 12.0. The largest absolute Gasteiger partial charge is 0.360 e. The summed E-state index contributed by atoms with van der Waals surface area (Å²) in [6.07, 6.45) is 0. The Morgan fingerprint density at radius 1 is 1.39 bits per heavy atom. The number of benzene rings is 1. The van der Waals surface area contributed by atoms with Gasteiger partial charge < -0.3 is 9.84 Å². The van der Waals surface area contributed by atoms with Gasteiger partial charge >= 0.3 is 0 Å². The second-order valence-corrected chi connectivity index (χ2v) is 4.59. The number of nitrogens with one attached hydrogen (secondary N) is 1. The number of halogens is 1. The van der Waals surface area contributed by atoms with Crippen LogP contribution < -0.4 is 5.32 Å². The topological polar surface area (TPSA) is 55.1 Å². The second kappa shape index (κ2) is 5.35. The van der Waals surface area contributed by atoms with E-state index in [-0.39, 0.29) is 11.6 Å². The molecule has 0 saturated carbocycles. The van der Waals surface area contributed by atoms with E-state index < -0.39 is 0 Å². The smallest absolute Gasteiger partial charge is 0.277 e. The van der Waals surface area contributed by atoms with Crippen LogP contribution in [0.5, 0.6) is 0 Å². The van der Waals surface area contributed by atoms with E-state index >= 15 is 0 Å². The van der Waals surface area contributed by atoms with E-state index in [0.717, 1.165) is 16.8 Å². The fourth-order valence-electron chi connectivity index (χ4n) is 1.67.